The van der Waals surface area contributed by atoms with Crippen molar-refractivity contribution in [3.05, 3.63) is 0 Å². The van der Waals surface area contributed by atoms with Gasteiger partial charge in [0.1, 0.15) is 0 Å². The number of nitrogens with zero attached hydrogens (tertiary/aromatic N) is 1. The Kier molecular flexibility index (Phi) is 6.94. The number of amides is 1. The van der Waals surface area contributed by atoms with E-state index in [1.54, 1.807) is 0 Å². The Morgan fingerprint density at radius 2 is 1.60 bits per heavy atom. The molecule has 15 heavy (non-hydrogen) atoms. The van der Waals surface area contributed by atoms with Crippen LogP contribution in [0.2, 0.25) is 0 Å². The monoisotopic (exact) mass is 234 g/mol. The number of carbonyl (C=O) groups excluding carboxylic acids is 1. The predicted molar refractivity (Wildman–Crippen MR) is 65.1 cm³/mol. The maximum absolute atomic E-state index is 11.9. The molecule has 3 nitrogen and oxygen atoms in total. The minimum Gasteiger partial charge on any atom is -0.341 e. The van der Waals surface area contributed by atoms with E-state index in [9.17, 15) is 4.79 Å². The van der Waals surface area contributed by atoms with Gasteiger partial charge in [-0.25, -0.2) is 0 Å². The fraction of sp³-hybridized carbons (Fsp3) is 0.909. The smallest absolute Gasteiger partial charge is 0.239 e. The topological polar surface area (TPSA) is 46.3 Å². The SMILES string of the molecule is CC(C)C(N)C(=O)N1CCCCCC1.Cl. The highest BCUT2D eigenvalue weighted by Gasteiger charge is 2.23. The first kappa shape index (κ1) is 14.7. The molecule has 1 aliphatic heterocycles. The third-order valence-electron chi connectivity index (χ3n) is 2.92. The van der Waals surface area contributed by atoms with Crippen molar-refractivity contribution >= 4 is 18.3 Å². The summed E-state index contributed by atoms with van der Waals surface area (Å²) in [7, 11) is 0. The van der Waals surface area contributed by atoms with Gasteiger partial charge in [0.25, 0.3) is 0 Å². The molecule has 0 aliphatic carbocycles. The molecule has 1 fully saturated rings. The van der Waals surface area contributed by atoms with Crippen molar-refractivity contribution in [2.75, 3.05) is 13.1 Å². The first-order valence-corrected chi connectivity index (χ1v) is 5.67. The van der Waals surface area contributed by atoms with Gasteiger partial charge in [-0.05, 0) is 18.8 Å². The first-order chi connectivity index (χ1) is 6.63. The lowest BCUT2D eigenvalue weighted by molar-refractivity contribution is -0.133. The zero-order valence-corrected chi connectivity index (χ0v) is 10.6. The van der Waals surface area contributed by atoms with Gasteiger partial charge in [-0.3, -0.25) is 4.79 Å². The summed E-state index contributed by atoms with van der Waals surface area (Å²) in [5.41, 5.74) is 5.85. The molecule has 0 aromatic heterocycles. The molecule has 1 rings (SSSR count). The van der Waals surface area contributed by atoms with Crippen molar-refractivity contribution in [1.29, 1.82) is 0 Å². The van der Waals surface area contributed by atoms with Crippen LogP contribution < -0.4 is 5.73 Å². The third-order valence-corrected chi connectivity index (χ3v) is 2.92. The summed E-state index contributed by atoms with van der Waals surface area (Å²) in [5, 5.41) is 0. The van der Waals surface area contributed by atoms with E-state index in [1.807, 2.05) is 18.7 Å². The van der Waals surface area contributed by atoms with Crippen molar-refractivity contribution in [3.8, 4) is 0 Å². The van der Waals surface area contributed by atoms with Crippen LogP contribution in [0.15, 0.2) is 0 Å². The van der Waals surface area contributed by atoms with Gasteiger partial charge in [-0.2, -0.15) is 0 Å². The molecule has 1 saturated heterocycles. The van der Waals surface area contributed by atoms with Crippen molar-refractivity contribution < 1.29 is 4.79 Å². The van der Waals surface area contributed by atoms with Crippen LogP contribution in [0.3, 0.4) is 0 Å². The Balaban J connectivity index is 0.00000196. The van der Waals surface area contributed by atoms with E-state index in [4.69, 9.17) is 5.73 Å². The normalized spacial score (nSPS) is 19.3. The minimum atomic E-state index is -0.312. The van der Waals surface area contributed by atoms with Crippen LogP contribution in [0.1, 0.15) is 39.5 Å². The quantitative estimate of drug-likeness (QED) is 0.792. The van der Waals surface area contributed by atoms with Gasteiger partial charge in [0.15, 0.2) is 0 Å². The molecule has 1 amide bonds. The molecular formula is C11H23ClN2O. The predicted octanol–water partition coefficient (Wildman–Crippen LogP) is 1.79. The van der Waals surface area contributed by atoms with Gasteiger partial charge in [-0.1, -0.05) is 26.7 Å². The van der Waals surface area contributed by atoms with E-state index in [0.29, 0.717) is 0 Å². The highest BCUT2D eigenvalue weighted by atomic mass is 35.5. The van der Waals surface area contributed by atoms with Crippen LogP contribution in [-0.2, 0) is 4.79 Å². The van der Waals surface area contributed by atoms with Crippen LogP contribution in [-0.4, -0.2) is 29.9 Å². The standard InChI is InChI=1S/C11H22N2O.ClH/c1-9(2)10(12)11(14)13-7-5-3-4-6-8-13;/h9-10H,3-8,12H2,1-2H3;1H. The van der Waals surface area contributed by atoms with Crippen molar-refractivity contribution in [1.82, 2.24) is 4.90 Å². The van der Waals surface area contributed by atoms with Crippen LogP contribution >= 0.6 is 12.4 Å². The Hall–Kier alpha value is -0.280. The Morgan fingerprint density at radius 3 is 2.00 bits per heavy atom. The molecule has 1 atom stereocenters. The van der Waals surface area contributed by atoms with E-state index >= 15 is 0 Å². The second-order valence-electron chi connectivity index (χ2n) is 4.51. The maximum atomic E-state index is 11.9. The largest absolute Gasteiger partial charge is 0.341 e. The number of hydrogen-bond acceptors (Lipinski definition) is 2. The second kappa shape index (κ2) is 7.07. The molecule has 0 aromatic rings. The summed E-state index contributed by atoms with van der Waals surface area (Å²) in [6, 6.07) is -0.312. The minimum absolute atomic E-state index is 0. The molecule has 0 spiro atoms. The van der Waals surface area contributed by atoms with Gasteiger partial charge >= 0.3 is 0 Å². The molecule has 1 unspecified atom stereocenters. The summed E-state index contributed by atoms with van der Waals surface area (Å²) < 4.78 is 0. The number of halogens is 1. The highest BCUT2D eigenvalue weighted by molar-refractivity contribution is 5.85. The van der Waals surface area contributed by atoms with Crippen LogP contribution in [0, 0.1) is 5.92 Å². The summed E-state index contributed by atoms with van der Waals surface area (Å²) in [4.78, 5) is 13.8. The second-order valence-corrected chi connectivity index (χ2v) is 4.51. The van der Waals surface area contributed by atoms with E-state index < -0.39 is 0 Å². The van der Waals surface area contributed by atoms with Crippen LogP contribution in [0.5, 0.6) is 0 Å². The summed E-state index contributed by atoms with van der Waals surface area (Å²) in [6.45, 7) is 5.80. The van der Waals surface area contributed by atoms with Gasteiger partial charge < -0.3 is 10.6 Å². The number of nitrogens with two attached hydrogens (primary N) is 1. The molecule has 1 heterocycles. The number of likely N-dealkylation sites (tertiary alicyclic amines) is 1. The summed E-state index contributed by atoms with van der Waals surface area (Å²) >= 11 is 0. The molecule has 0 saturated carbocycles. The molecule has 4 heteroatoms. The maximum Gasteiger partial charge on any atom is 0.239 e. The first-order valence-electron chi connectivity index (χ1n) is 5.67. The number of carbonyl (C=O) groups is 1. The van der Waals surface area contributed by atoms with E-state index in [0.717, 1.165) is 25.9 Å². The van der Waals surface area contributed by atoms with Gasteiger partial charge in [0.05, 0.1) is 6.04 Å². The van der Waals surface area contributed by atoms with Crippen molar-refractivity contribution in [3.63, 3.8) is 0 Å². The fourth-order valence-electron chi connectivity index (χ4n) is 1.79. The van der Waals surface area contributed by atoms with E-state index in [-0.39, 0.29) is 30.3 Å². The molecule has 0 bridgehead atoms. The molecule has 0 aromatic carbocycles. The molecule has 0 radical (unpaired) electrons. The van der Waals surface area contributed by atoms with Crippen LogP contribution in [0.25, 0.3) is 0 Å². The van der Waals surface area contributed by atoms with E-state index in [1.165, 1.54) is 12.8 Å². The van der Waals surface area contributed by atoms with Crippen molar-refractivity contribution in [2.45, 2.75) is 45.6 Å². The van der Waals surface area contributed by atoms with Crippen LogP contribution in [0.4, 0.5) is 0 Å². The average Bonchev–Trinajstić information content (AvgIpc) is 2.43. The van der Waals surface area contributed by atoms with Gasteiger partial charge in [0, 0.05) is 13.1 Å². The molecule has 2 N–H and O–H groups in total. The Morgan fingerprint density at radius 1 is 1.13 bits per heavy atom. The van der Waals surface area contributed by atoms with Crippen molar-refractivity contribution in [2.24, 2.45) is 11.7 Å². The molecule has 90 valence electrons. The van der Waals surface area contributed by atoms with E-state index in [2.05, 4.69) is 0 Å². The lowest BCUT2D eigenvalue weighted by Crippen LogP contribution is -2.46. The zero-order chi connectivity index (χ0) is 10.6. The Bertz CT molecular complexity index is 189. The summed E-state index contributed by atoms with van der Waals surface area (Å²) in [5.74, 6) is 0.382. The average molecular weight is 235 g/mol. The van der Waals surface area contributed by atoms with Gasteiger partial charge in [0.2, 0.25) is 5.91 Å². The fourth-order valence-corrected chi connectivity index (χ4v) is 1.79. The van der Waals surface area contributed by atoms with Gasteiger partial charge in [-0.15, -0.1) is 12.4 Å². The molecular weight excluding hydrogens is 212 g/mol. The lowest BCUT2D eigenvalue weighted by atomic mass is 10.0. The Labute approximate surface area is 98.8 Å². The third kappa shape index (κ3) is 4.39. The summed E-state index contributed by atoms with van der Waals surface area (Å²) in [6.07, 6.45) is 4.77. The lowest BCUT2D eigenvalue weighted by Gasteiger charge is -2.25. The number of rotatable bonds is 2. The zero-order valence-electron chi connectivity index (χ0n) is 9.74. The molecule has 1 aliphatic rings. The number of hydrogen-bond donors (Lipinski definition) is 1. The highest BCUT2D eigenvalue weighted by Crippen LogP contribution is 2.12.